The van der Waals surface area contributed by atoms with Crippen molar-refractivity contribution in [3.8, 4) is 12.3 Å². The fourth-order valence-electron chi connectivity index (χ4n) is 3.93. The molecule has 0 bridgehead atoms. The molecule has 11 heteroatoms. The van der Waals surface area contributed by atoms with Crippen molar-refractivity contribution in [3.05, 3.63) is 52.7 Å². The van der Waals surface area contributed by atoms with Gasteiger partial charge < -0.3 is 27.0 Å². The van der Waals surface area contributed by atoms with Gasteiger partial charge in [0.15, 0.2) is 5.65 Å². The molecule has 0 aliphatic heterocycles. The third-order valence-corrected chi connectivity index (χ3v) is 5.86. The molecule has 1 aromatic carbocycles. The van der Waals surface area contributed by atoms with Crippen molar-refractivity contribution in [2.45, 2.75) is 44.6 Å². The van der Waals surface area contributed by atoms with Gasteiger partial charge in [0.2, 0.25) is 5.95 Å². The zero-order valence-corrected chi connectivity index (χ0v) is 19.6. The number of aromatic nitrogens is 3. The van der Waals surface area contributed by atoms with Gasteiger partial charge in [-0.2, -0.15) is 9.97 Å². The van der Waals surface area contributed by atoms with Gasteiger partial charge in [-0.3, -0.25) is 9.59 Å². The van der Waals surface area contributed by atoms with Crippen LogP contribution in [0.5, 0.6) is 0 Å². The molecular formula is C25H26N6O5. The van der Waals surface area contributed by atoms with Crippen LogP contribution in [0.15, 0.2) is 30.5 Å². The number of carboxylic acids is 2. The van der Waals surface area contributed by atoms with Crippen LogP contribution in [0.3, 0.4) is 0 Å². The average molecular weight is 491 g/mol. The summed E-state index contributed by atoms with van der Waals surface area (Å²) in [5, 5.41) is 21.0. The van der Waals surface area contributed by atoms with Gasteiger partial charge in [-0.1, -0.05) is 12.1 Å². The van der Waals surface area contributed by atoms with Crippen molar-refractivity contribution in [3.63, 3.8) is 0 Å². The maximum absolute atomic E-state index is 12.5. The van der Waals surface area contributed by atoms with Gasteiger partial charge in [-0.05, 0) is 54.5 Å². The summed E-state index contributed by atoms with van der Waals surface area (Å²) in [5.41, 5.74) is 15.0. The summed E-state index contributed by atoms with van der Waals surface area (Å²) in [6.45, 7) is 1.90. The molecule has 0 saturated heterocycles. The normalized spacial score (nSPS) is 12.4. The minimum absolute atomic E-state index is 0.0468. The van der Waals surface area contributed by atoms with Crippen molar-refractivity contribution in [1.82, 2.24) is 20.3 Å². The molecule has 0 saturated carbocycles. The standard InChI is InChI=1S/C25H26N6O5/c1-3-4-16(11-17-12-28-22-20(13(17)2)21(26)30-25(27)31-22)14-5-7-15(8-6-14)23(34)29-18(24(35)36)9-10-19(32)33/h1,5-8,12,16,18H,4,9-11H2,2H3,(H,29,34)(H,32,33)(H,35,36)(H4,26,27,28,30,31). The lowest BCUT2D eigenvalue weighted by Crippen LogP contribution is -2.41. The van der Waals surface area contributed by atoms with E-state index in [9.17, 15) is 19.5 Å². The second-order valence-electron chi connectivity index (χ2n) is 8.30. The van der Waals surface area contributed by atoms with Crippen molar-refractivity contribution >= 4 is 40.6 Å². The third kappa shape index (κ3) is 6.04. The summed E-state index contributed by atoms with van der Waals surface area (Å²) < 4.78 is 0. The van der Waals surface area contributed by atoms with Gasteiger partial charge in [-0.25, -0.2) is 9.78 Å². The zero-order valence-electron chi connectivity index (χ0n) is 19.6. The first-order chi connectivity index (χ1) is 17.1. The van der Waals surface area contributed by atoms with Gasteiger partial charge in [-0.15, -0.1) is 12.3 Å². The number of nitrogens with one attached hydrogen (secondary N) is 1. The van der Waals surface area contributed by atoms with E-state index in [0.29, 0.717) is 23.9 Å². The van der Waals surface area contributed by atoms with Crippen LogP contribution in [0.4, 0.5) is 11.8 Å². The van der Waals surface area contributed by atoms with Crippen LogP contribution in [0.1, 0.15) is 52.2 Å². The molecule has 0 aliphatic rings. The van der Waals surface area contributed by atoms with E-state index in [1.807, 2.05) is 6.92 Å². The first-order valence-electron chi connectivity index (χ1n) is 11.1. The van der Waals surface area contributed by atoms with Crippen molar-refractivity contribution in [2.24, 2.45) is 0 Å². The summed E-state index contributed by atoms with van der Waals surface area (Å²) in [6.07, 6.45) is 7.70. The number of carbonyl (C=O) groups excluding carboxylic acids is 1. The summed E-state index contributed by atoms with van der Waals surface area (Å²) in [7, 11) is 0. The number of hydrogen-bond acceptors (Lipinski definition) is 8. The molecule has 0 fully saturated rings. The highest BCUT2D eigenvalue weighted by Gasteiger charge is 2.22. The van der Waals surface area contributed by atoms with E-state index in [2.05, 4.69) is 26.2 Å². The second kappa shape index (κ2) is 11.1. The Kier molecular flexibility index (Phi) is 8.01. The number of benzene rings is 1. The number of terminal acetylenes is 1. The summed E-state index contributed by atoms with van der Waals surface area (Å²) in [5.74, 6) is -0.178. The van der Waals surface area contributed by atoms with E-state index in [1.54, 1.807) is 30.5 Å². The highest BCUT2D eigenvalue weighted by molar-refractivity contribution is 5.96. The molecule has 2 unspecified atom stereocenters. The van der Waals surface area contributed by atoms with E-state index in [1.165, 1.54) is 0 Å². The Hall–Kier alpha value is -4.72. The maximum Gasteiger partial charge on any atom is 0.326 e. The van der Waals surface area contributed by atoms with Crippen LogP contribution in [0.2, 0.25) is 0 Å². The minimum atomic E-state index is -1.31. The van der Waals surface area contributed by atoms with Gasteiger partial charge in [0.05, 0.1) is 5.39 Å². The molecule has 11 nitrogen and oxygen atoms in total. The van der Waals surface area contributed by atoms with Crippen molar-refractivity contribution in [1.29, 1.82) is 0 Å². The Morgan fingerprint density at radius 3 is 2.44 bits per heavy atom. The number of hydrogen-bond donors (Lipinski definition) is 5. The summed E-state index contributed by atoms with van der Waals surface area (Å²) in [6, 6.07) is 5.35. The number of nitrogen functional groups attached to an aromatic ring is 2. The number of nitrogens with two attached hydrogens (primary N) is 2. The average Bonchev–Trinajstić information content (AvgIpc) is 2.82. The number of pyridine rings is 1. The van der Waals surface area contributed by atoms with Crippen LogP contribution in [-0.4, -0.2) is 49.1 Å². The fourth-order valence-corrected chi connectivity index (χ4v) is 3.93. The first kappa shape index (κ1) is 25.9. The highest BCUT2D eigenvalue weighted by Crippen LogP contribution is 2.29. The van der Waals surface area contributed by atoms with Gasteiger partial charge in [0, 0.05) is 24.6 Å². The molecule has 2 aromatic heterocycles. The van der Waals surface area contributed by atoms with Crippen LogP contribution in [0.25, 0.3) is 11.0 Å². The number of amides is 1. The lowest BCUT2D eigenvalue weighted by atomic mass is 9.87. The number of aliphatic carboxylic acids is 2. The lowest BCUT2D eigenvalue weighted by molar-refractivity contribution is -0.140. The van der Waals surface area contributed by atoms with Gasteiger partial charge in [0.25, 0.3) is 5.91 Å². The van der Waals surface area contributed by atoms with Crippen LogP contribution in [-0.2, 0) is 16.0 Å². The smallest absolute Gasteiger partial charge is 0.326 e. The van der Waals surface area contributed by atoms with E-state index >= 15 is 0 Å². The molecule has 186 valence electrons. The number of aryl methyl sites for hydroxylation is 1. The number of fused-ring (bicyclic) bond motifs is 1. The van der Waals surface area contributed by atoms with Crippen molar-refractivity contribution < 1.29 is 24.6 Å². The predicted octanol–water partition coefficient (Wildman–Crippen LogP) is 1.90. The van der Waals surface area contributed by atoms with E-state index in [-0.39, 0.29) is 36.1 Å². The number of rotatable bonds is 10. The lowest BCUT2D eigenvalue weighted by Gasteiger charge is -2.18. The van der Waals surface area contributed by atoms with Crippen molar-refractivity contribution in [2.75, 3.05) is 11.5 Å². The Balaban J connectivity index is 1.80. The molecule has 3 rings (SSSR count). The third-order valence-electron chi connectivity index (χ3n) is 5.86. The highest BCUT2D eigenvalue weighted by atomic mass is 16.4. The Bertz CT molecular complexity index is 1350. The molecule has 36 heavy (non-hydrogen) atoms. The Morgan fingerprint density at radius 2 is 1.83 bits per heavy atom. The molecule has 7 N–H and O–H groups in total. The SMILES string of the molecule is C#CCC(Cc1cnc2nc(N)nc(N)c2c1C)c1ccc(C(=O)NC(CCC(=O)O)C(=O)O)cc1. The van der Waals surface area contributed by atoms with E-state index in [0.717, 1.165) is 16.7 Å². The number of carbonyl (C=O) groups is 3. The van der Waals surface area contributed by atoms with E-state index in [4.69, 9.17) is 23.0 Å². The molecular weight excluding hydrogens is 464 g/mol. The van der Waals surface area contributed by atoms with Crippen LogP contribution < -0.4 is 16.8 Å². The monoisotopic (exact) mass is 490 g/mol. The van der Waals surface area contributed by atoms with Gasteiger partial charge in [0.1, 0.15) is 11.9 Å². The summed E-state index contributed by atoms with van der Waals surface area (Å²) >= 11 is 0. The molecule has 0 aliphatic carbocycles. The molecule has 3 aromatic rings. The van der Waals surface area contributed by atoms with E-state index < -0.39 is 23.9 Å². The molecule has 0 spiro atoms. The predicted molar refractivity (Wildman–Crippen MR) is 133 cm³/mol. The second-order valence-corrected chi connectivity index (χ2v) is 8.30. The van der Waals surface area contributed by atoms with Crippen LogP contribution in [0, 0.1) is 19.3 Å². The molecule has 2 atom stereocenters. The fraction of sp³-hybridized carbons (Fsp3) is 0.280. The topological polar surface area (TPSA) is 194 Å². The summed E-state index contributed by atoms with van der Waals surface area (Å²) in [4.78, 5) is 47.2. The Morgan fingerprint density at radius 1 is 1.14 bits per heavy atom. The zero-order chi connectivity index (χ0) is 26.4. The number of anilines is 2. The number of nitrogens with zero attached hydrogens (tertiary/aromatic N) is 3. The molecule has 0 radical (unpaired) electrons. The molecule has 2 heterocycles. The quantitative estimate of drug-likeness (QED) is 0.262. The number of carboxylic acid groups (broad SMARTS) is 2. The Labute approximate surface area is 207 Å². The molecule has 1 amide bonds. The maximum atomic E-state index is 12.5. The van der Waals surface area contributed by atoms with Crippen LogP contribution >= 0.6 is 0 Å². The largest absolute Gasteiger partial charge is 0.481 e. The van der Waals surface area contributed by atoms with Gasteiger partial charge >= 0.3 is 11.9 Å². The minimum Gasteiger partial charge on any atom is -0.481 e. The first-order valence-corrected chi connectivity index (χ1v) is 11.1.